The van der Waals surface area contributed by atoms with Gasteiger partial charge in [-0.25, -0.2) is 0 Å². The average Bonchev–Trinajstić information content (AvgIpc) is 2.08. The topological polar surface area (TPSA) is 29.5 Å². The fourth-order valence-electron chi connectivity index (χ4n) is 1.45. The van der Waals surface area contributed by atoms with Crippen LogP contribution in [-0.2, 0) is 0 Å². The number of rotatable bonds is 3. The second kappa shape index (κ2) is 4.09. The van der Waals surface area contributed by atoms with Crippen LogP contribution in [0, 0.1) is 5.92 Å². The van der Waals surface area contributed by atoms with Crippen molar-refractivity contribution >= 4 is 11.6 Å². The Morgan fingerprint density at radius 2 is 2.21 bits per heavy atom. The van der Waals surface area contributed by atoms with Crippen molar-refractivity contribution in [2.45, 2.75) is 19.3 Å². The van der Waals surface area contributed by atoms with Crippen LogP contribution in [0.25, 0.3) is 0 Å². The van der Waals surface area contributed by atoms with Crippen molar-refractivity contribution in [1.29, 1.82) is 0 Å². The Bertz CT molecular complexity index is 321. The van der Waals surface area contributed by atoms with E-state index >= 15 is 0 Å². The summed E-state index contributed by atoms with van der Waals surface area (Å²) in [5, 5.41) is 9.53. The predicted octanol–water partition coefficient (Wildman–Crippen LogP) is 3.22. The molecule has 0 saturated heterocycles. The minimum absolute atomic E-state index is 0.0997. The molecule has 1 aliphatic carbocycles. The molecular formula is C11H13ClO2. The molecule has 0 bridgehead atoms. The summed E-state index contributed by atoms with van der Waals surface area (Å²) in [6.07, 6.45) is 3.86. The number of benzene rings is 1. The molecular weight excluding hydrogens is 200 g/mol. The summed E-state index contributed by atoms with van der Waals surface area (Å²) in [5.41, 5.74) is 0. The standard InChI is InChI=1S/C11H13ClO2/c12-10-6-9(4-5-11(10)13)14-7-8-2-1-3-8/h4-6,8,13H,1-3,7H2. The van der Waals surface area contributed by atoms with Crippen molar-refractivity contribution in [1.82, 2.24) is 0 Å². The van der Waals surface area contributed by atoms with E-state index in [0.29, 0.717) is 10.9 Å². The van der Waals surface area contributed by atoms with E-state index in [4.69, 9.17) is 16.3 Å². The molecule has 1 aromatic rings. The normalized spacial score (nSPS) is 16.4. The van der Waals surface area contributed by atoms with Crippen LogP contribution in [-0.4, -0.2) is 11.7 Å². The third kappa shape index (κ3) is 2.13. The van der Waals surface area contributed by atoms with Crippen molar-refractivity contribution in [2.24, 2.45) is 5.92 Å². The molecule has 1 aliphatic rings. The van der Waals surface area contributed by atoms with Crippen molar-refractivity contribution < 1.29 is 9.84 Å². The van der Waals surface area contributed by atoms with E-state index in [1.807, 2.05) is 0 Å². The first-order valence-corrected chi connectivity index (χ1v) is 5.25. The average molecular weight is 213 g/mol. The number of phenolic OH excluding ortho intramolecular Hbond substituents is 1. The van der Waals surface area contributed by atoms with Crippen LogP contribution in [0.1, 0.15) is 19.3 Å². The van der Waals surface area contributed by atoms with Gasteiger partial charge in [0.05, 0.1) is 11.6 Å². The minimum Gasteiger partial charge on any atom is -0.506 e. The molecule has 0 aromatic heterocycles. The molecule has 0 amide bonds. The Morgan fingerprint density at radius 3 is 2.79 bits per heavy atom. The zero-order valence-electron chi connectivity index (χ0n) is 7.87. The third-order valence-electron chi connectivity index (χ3n) is 2.63. The van der Waals surface area contributed by atoms with Gasteiger partial charge in [0.2, 0.25) is 0 Å². The summed E-state index contributed by atoms with van der Waals surface area (Å²) in [6.45, 7) is 0.765. The zero-order chi connectivity index (χ0) is 9.97. The fraction of sp³-hybridized carbons (Fsp3) is 0.455. The fourth-order valence-corrected chi connectivity index (χ4v) is 1.62. The van der Waals surface area contributed by atoms with E-state index < -0.39 is 0 Å². The van der Waals surface area contributed by atoms with Crippen LogP contribution < -0.4 is 4.74 Å². The van der Waals surface area contributed by atoms with Gasteiger partial charge in [-0.05, 0) is 30.9 Å². The highest BCUT2D eigenvalue weighted by Gasteiger charge is 2.17. The molecule has 1 N–H and O–H groups in total. The lowest BCUT2D eigenvalue weighted by Crippen LogP contribution is -2.19. The van der Waals surface area contributed by atoms with Crippen LogP contribution in [0.15, 0.2) is 18.2 Å². The summed E-state index contributed by atoms with van der Waals surface area (Å²) < 4.78 is 5.55. The largest absolute Gasteiger partial charge is 0.506 e. The molecule has 3 heteroatoms. The van der Waals surface area contributed by atoms with Crippen molar-refractivity contribution in [3.05, 3.63) is 23.2 Å². The van der Waals surface area contributed by atoms with Crippen LogP contribution in [0.5, 0.6) is 11.5 Å². The summed E-state index contributed by atoms with van der Waals surface area (Å²) in [4.78, 5) is 0. The molecule has 0 aliphatic heterocycles. The number of hydrogen-bond acceptors (Lipinski definition) is 2. The lowest BCUT2D eigenvalue weighted by molar-refractivity contribution is 0.180. The quantitative estimate of drug-likeness (QED) is 0.834. The van der Waals surface area contributed by atoms with Crippen LogP contribution in [0.3, 0.4) is 0 Å². The van der Waals surface area contributed by atoms with Crippen molar-refractivity contribution in [3.8, 4) is 11.5 Å². The number of hydrogen-bond donors (Lipinski definition) is 1. The zero-order valence-corrected chi connectivity index (χ0v) is 8.63. The second-order valence-electron chi connectivity index (χ2n) is 3.72. The highest BCUT2D eigenvalue weighted by molar-refractivity contribution is 6.32. The summed E-state index contributed by atoms with van der Waals surface area (Å²) in [5.74, 6) is 1.55. The maximum atomic E-state index is 9.19. The number of ether oxygens (including phenoxy) is 1. The monoisotopic (exact) mass is 212 g/mol. The third-order valence-corrected chi connectivity index (χ3v) is 2.93. The maximum absolute atomic E-state index is 9.19. The molecule has 14 heavy (non-hydrogen) atoms. The molecule has 0 spiro atoms. The lowest BCUT2D eigenvalue weighted by atomic mass is 9.86. The number of aromatic hydroxyl groups is 1. The highest BCUT2D eigenvalue weighted by atomic mass is 35.5. The van der Waals surface area contributed by atoms with E-state index in [1.54, 1.807) is 18.2 Å². The van der Waals surface area contributed by atoms with Gasteiger partial charge in [0.15, 0.2) is 0 Å². The lowest BCUT2D eigenvalue weighted by Gasteiger charge is -2.25. The molecule has 2 rings (SSSR count). The van der Waals surface area contributed by atoms with Crippen molar-refractivity contribution in [2.75, 3.05) is 6.61 Å². The van der Waals surface area contributed by atoms with E-state index in [1.165, 1.54) is 19.3 Å². The summed E-state index contributed by atoms with van der Waals surface area (Å²) >= 11 is 5.75. The highest BCUT2D eigenvalue weighted by Crippen LogP contribution is 2.30. The van der Waals surface area contributed by atoms with Crippen LogP contribution in [0.2, 0.25) is 5.02 Å². The van der Waals surface area contributed by atoms with E-state index in [-0.39, 0.29) is 5.75 Å². The Balaban J connectivity index is 1.91. The Morgan fingerprint density at radius 1 is 1.43 bits per heavy atom. The first kappa shape index (κ1) is 9.66. The van der Waals surface area contributed by atoms with Gasteiger partial charge in [-0.2, -0.15) is 0 Å². The summed E-state index contributed by atoms with van der Waals surface area (Å²) in [6, 6.07) is 4.94. The Hall–Kier alpha value is -0.890. The van der Waals surface area contributed by atoms with E-state index in [9.17, 15) is 5.11 Å². The van der Waals surface area contributed by atoms with Gasteiger partial charge in [-0.1, -0.05) is 18.0 Å². The molecule has 1 aromatic carbocycles. The van der Waals surface area contributed by atoms with E-state index in [2.05, 4.69) is 0 Å². The molecule has 0 atom stereocenters. The van der Waals surface area contributed by atoms with Gasteiger partial charge in [-0.15, -0.1) is 0 Å². The van der Waals surface area contributed by atoms with Gasteiger partial charge >= 0.3 is 0 Å². The Kier molecular flexibility index (Phi) is 2.82. The van der Waals surface area contributed by atoms with E-state index in [0.717, 1.165) is 12.4 Å². The molecule has 0 heterocycles. The van der Waals surface area contributed by atoms with Crippen molar-refractivity contribution in [3.63, 3.8) is 0 Å². The van der Waals surface area contributed by atoms with Crippen LogP contribution >= 0.6 is 11.6 Å². The second-order valence-corrected chi connectivity index (χ2v) is 4.13. The van der Waals surface area contributed by atoms with Gasteiger partial charge in [0, 0.05) is 6.07 Å². The minimum atomic E-state index is 0.0997. The molecule has 76 valence electrons. The first-order chi connectivity index (χ1) is 6.75. The molecule has 0 radical (unpaired) electrons. The van der Waals surface area contributed by atoms with Gasteiger partial charge in [0.1, 0.15) is 11.5 Å². The van der Waals surface area contributed by atoms with Gasteiger partial charge in [0.25, 0.3) is 0 Å². The first-order valence-electron chi connectivity index (χ1n) is 4.87. The molecule has 1 fully saturated rings. The predicted molar refractivity (Wildman–Crippen MR) is 56.0 cm³/mol. The molecule has 2 nitrogen and oxygen atoms in total. The number of halogens is 1. The maximum Gasteiger partial charge on any atom is 0.134 e. The molecule has 1 saturated carbocycles. The van der Waals surface area contributed by atoms with Gasteiger partial charge < -0.3 is 9.84 Å². The Labute approximate surface area is 88.5 Å². The SMILES string of the molecule is Oc1ccc(OCC2CCC2)cc1Cl. The van der Waals surface area contributed by atoms with Gasteiger partial charge in [-0.3, -0.25) is 0 Å². The smallest absolute Gasteiger partial charge is 0.134 e. The number of phenols is 1. The molecule has 0 unspecified atom stereocenters. The summed E-state index contributed by atoms with van der Waals surface area (Å²) in [7, 11) is 0. The van der Waals surface area contributed by atoms with Crippen LogP contribution in [0.4, 0.5) is 0 Å².